The molecule has 1 saturated heterocycles. The lowest BCUT2D eigenvalue weighted by molar-refractivity contribution is 0.124. The van der Waals surface area contributed by atoms with E-state index < -0.39 is 0 Å². The average Bonchev–Trinajstić information content (AvgIpc) is 2.91. The summed E-state index contributed by atoms with van der Waals surface area (Å²) >= 11 is 0. The van der Waals surface area contributed by atoms with E-state index in [0.717, 1.165) is 12.1 Å². The molecule has 2 aromatic rings. The van der Waals surface area contributed by atoms with Gasteiger partial charge >= 0.3 is 0 Å². The van der Waals surface area contributed by atoms with Crippen LogP contribution in [0.3, 0.4) is 0 Å². The van der Waals surface area contributed by atoms with Gasteiger partial charge in [-0.1, -0.05) is 25.6 Å². The number of aromatic nitrogens is 1. The van der Waals surface area contributed by atoms with Crippen LogP contribution in [0.4, 0.5) is 0 Å². The first-order valence-corrected chi connectivity index (χ1v) is 9.17. The predicted molar refractivity (Wildman–Crippen MR) is 99.0 cm³/mol. The first kappa shape index (κ1) is 15.5. The number of benzene rings is 1. The van der Waals surface area contributed by atoms with E-state index in [1.807, 2.05) is 6.08 Å². The van der Waals surface area contributed by atoms with E-state index >= 15 is 0 Å². The average molecular weight is 319 g/mol. The third-order valence-corrected chi connectivity index (χ3v) is 5.91. The molecular formula is C21H25N3. The molecule has 1 aromatic carbocycles. The molecule has 0 N–H and O–H groups in total. The molecule has 0 saturated carbocycles. The molecule has 1 aliphatic heterocycles. The van der Waals surface area contributed by atoms with E-state index in [-0.39, 0.29) is 0 Å². The highest BCUT2D eigenvalue weighted by Gasteiger charge is 2.38. The van der Waals surface area contributed by atoms with Crippen LogP contribution in [0, 0.1) is 11.3 Å². The van der Waals surface area contributed by atoms with Crippen LogP contribution >= 0.6 is 0 Å². The van der Waals surface area contributed by atoms with Gasteiger partial charge in [-0.3, -0.25) is 4.90 Å². The Morgan fingerprint density at radius 3 is 3.04 bits per heavy atom. The normalized spacial score (nSPS) is 23.0. The van der Waals surface area contributed by atoms with Crippen molar-refractivity contribution in [2.45, 2.75) is 51.1 Å². The number of likely N-dealkylation sites (tertiary alicyclic amines) is 1. The third kappa shape index (κ3) is 2.13. The number of fused-ring (bicyclic) bond motifs is 2. The van der Waals surface area contributed by atoms with Gasteiger partial charge in [0, 0.05) is 23.0 Å². The molecule has 2 atom stereocenters. The minimum atomic E-state index is 0.398. The quantitative estimate of drug-likeness (QED) is 0.840. The zero-order chi connectivity index (χ0) is 16.7. The maximum absolute atomic E-state index is 9.27. The summed E-state index contributed by atoms with van der Waals surface area (Å²) in [5.41, 5.74) is 5.28. The van der Waals surface area contributed by atoms with E-state index in [4.69, 9.17) is 0 Å². The van der Waals surface area contributed by atoms with Crippen molar-refractivity contribution in [1.82, 2.24) is 9.47 Å². The molecule has 1 aromatic heterocycles. The van der Waals surface area contributed by atoms with E-state index in [2.05, 4.69) is 47.2 Å². The Morgan fingerprint density at radius 1 is 1.42 bits per heavy atom. The molecule has 0 amide bonds. The second kappa shape index (κ2) is 6.11. The molecule has 1 fully saturated rings. The molecule has 0 bridgehead atoms. The van der Waals surface area contributed by atoms with Crippen molar-refractivity contribution in [3.8, 4) is 6.07 Å². The van der Waals surface area contributed by atoms with Crippen LogP contribution < -0.4 is 0 Å². The van der Waals surface area contributed by atoms with Crippen molar-refractivity contribution >= 4 is 17.0 Å². The molecule has 24 heavy (non-hydrogen) atoms. The number of nitriles is 1. The third-order valence-electron chi connectivity index (χ3n) is 5.91. The fraction of sp³-hybridized carbons (Fsp3) is 0.476. The van der Waals surface area contributed by atoms with Gasteiger partial charge in [0.1, 0.15) is 6.54 Å². The number of hydrogen-bond acceptors (Lipinski definition) is 2. The van der Waals surface area contributed by atoms with Gasteiger partial charge in [-0.05, 0) is 62.0 Å². The van der Waals surface area contributed by atoms with Gasteiger partial charge in [0.25, 0.3) is 0 Å². The van der Waals surface area contributed by atoms with Crippen LogP contribution in [-0.2, 0) is 13.0 Å². The summed E-state index contributed by atoms with van der Waals surface area (Å²) in [4.78, 5) is 2.70. The van der Waals surface area contributed by atoms with Gasteiger partial charge in [0.15, 0.2) is 0 Å². The first-order valence-electron chi connectivity index (χ1n) is 9.17. The molecule has 4 rings (SSSR count). The molecule has 3 nitrogen and oxygen atoms in total. The Hall–Kier alpha value is -2.05. The second-order valence-electron chi connectivity index (χ2n) is 7.11. The summed E-state index contributed by atoms with van der Waals surface area (Å²) in [5.74, 6) is 0.636. The number of hydrogen-bond donors (Lipinski definition) is 0. The predicted octanol–water partition coefficient (Wildman–Crippen LogP) is 4.32. The summed E-state index contributed by atoms with van der Waals surface area (Å²) in [5, 5.41) is 10.7. The molecule has 2 aliphatic rings. The molecule has 2 heterocycles. The Balaban J connectivity index is 1.92. The summed E-state index contributed by atoms with van der Waals surface area (Å²) < 4.78 is 2.16. The van der Waals surface area contributed by atoms with E-state index in [1.165, 1.54) is 54.4 Å². The van der Waals surface area contributed by atoms with E-state index in [9.17, 15) is 5.26 Å². The summed E-state index contributed by atoms with van der Waals surface area (Å²) in [6, 6.07) is 9.59. The highest BCUT2D eigenvalue weighted by atomic mass is 15.2. The van der Waals surface area contributed by atoms with Crippen LogP contribution in [-0.4, -0.2) is 28.6 Å². The Kier molecular flexibility index (Phi) is 3.94. The van der Waals surface area contributed by atoms with Gasteiger partial charge in [0.05, 0.1) is 11.6 Å². The summed E-state index contributed by atoms with van der Waals surface area (Å²) in [6.07, 6.45) is 6.84. The van der Waals surface area contributed by atoms with Crippen LogP contribution in [0.5, 0.6) is 0 Å². The van der Waals surface area contributed by atoms with E-state index in [1.54, 1.807) is 0 Å². The number of piperidine rings is 1. The topological polar surface area (TPSA) is 32.0 Å². The Morgan fingerprint density at radius 2 is 2.29 bits per heavy atom. The standard InChI is InChI=1S/C21H25N3/c1-3-11-23-12-6-8-15-16-7-5-9-19-21(16)17(14-20(15)23)18(4-2)24(19)13-10-22/h4-5,7,9,15,20H,2-3,6,8,11-14H2,1H3/t15-,20-/m1/s1. The lowest BCUT2D eigenvalue weighted by Gasteiger charge is -2.44. The van der Waals surface area contributed by atoms with Crippen molar-refractivity contribution in [1.29, 1.82) is 5.26 Å². The molecule has 1 aliphatic carbocycles. The molecule has 0 spiro atoms. The van der Waals surface area contributed by atoms with Crippen LogP contribution in [0.2, 0.25) is 0 Å². The van der Waals surface area contributed by atoms with Gasteiger partial charge in [-0.25, -0.2) is 0 Å². The number of rotatable bonds is 4. The van der Waals surface area contributed by atoms with Crippen molar-refractivity contribution in [3.05, 3.63) is 41.6 Å². The molecule has 0 radical (unpaired) electrons. The largest absolute Gasteiger partial charge is 0.327 e. The van der Waals surface area contributed by atoms with Gasteiger partial charge in [-0.2, -0.15) is 5.26 Å². The van der Waals surface area contributed by atoms with Crippen molar-refractivity contribution in [3.63, 3.8) is 0 Å². The minimum Gasteiger partial charge on any atom is -0.327 e. The molecule has 124 valence electrons. The highest BCUT2D eigenvalue weighted by molar-refractivity contribution is 5.92. The fourth-order valence-corrected chi connectivity index (χ4v) is 5.06. The van der Waals surface area contributed by atoms with Crippen LogP contribution in [0.15, 0.2) is 24.8 Å². The fourth-order valence-electron chi connectivity index (χ4n) is 5.06. The van der Waals surface area contributed by atoms with Gasteiger partial charge in [-0.15, -0.1) is 0 Å². The Bertz CT molecular complexity index is 822. The summed E-state index contributed by atoms with van der Waals surface area (Å²) in [6.45, 7) is 9.13. The molecular weight excluding hydrogens is 294 g/mol. The maximum Gasteiger partial charge on any atom is 0.110 e. The Labute approximate surface area is 144 Å². The lowest BCUT2D eigenvalue weighted by atomic mass is 9.74. The SMILES string of the molecule is C=Cc1c2c3c(cccc3n1CC#N)[C@H]1CCCN(CCC)[C@@H]1C2. The smallest absolute Gasteiger partial charge is 0.110 e. The molecule has 0 unspecified atom stereocenters. The summed E-state index contributed by atoms with van der Waals surface area (Å²) in [7, 11) is 0. The highest BCUT2D eigenvalue weighted by Crippen LogP contribution is 2.45. The maximum atomic E-state index is 9.27. The number of nitrogens with zero attached hydrogens (tertiary/aromatic N) is 3. The van der Waals surface area contributed by atoms with Gasteiger partial charge < -0.3 is 4.57 Å². The van der Waals surface area contributed by atoms with Crippen molar-refractivity contribution < 1.29 is 0 Å². The molecule has 3 heteroatoms. The first-order chi connectivity index (χ1) is 11.8. The van der Waals surface area contributed by atoms with Crippen molar-refractivity contribution in [2.75, 3.05) is 13.1 Å². The minimum absolute atomic E-state index is 0.398. The monoisotopic (exact) mass is 319 g/mol. The van der Waals surface area contributed by atoms with E-state index in [0.29, 0.717) is 18.5 Å². The van der Waals surface area contributed by atoms with Crippen LogP contribution in [0.25, 0.3) is 17.0 Å². The zero-order valence-corrected chi connectivity index (χ0v) is 14.5. The van der Waals surface area contributed by atoms with Crippen molar-refractivity contribution in [2.24, 2.45) is 0 Å². The lowest BCUT2D eigenvalue weighted by Crippen LogP contribution is -2.47. The van der Waals surface area contributed by atoms with Crippen LogP contribution in [0.1, 0.15) is 48.9 Å². The van der Waals surface area contributed by atoms with Gasteiger partial charge in [0.2, 0.25) is 0 Å². The second-order valence-corrected chi connectivity index (χ2v) is 7.11. The zero-order valence-electron chi connectivity index (χ0n) is 14.5.